The third-order valence-electron chi connectivity index (χ3n) is 7.58. The lowest BCUT2D eigenvalue weighted by molar-refractivity contribution is 0.155. The normalized spacial score (nSPS) is 28.4. The Bertz CT molecular complexity index is 572. The van der Waals surface area contributed by atoms with Gasteiger partial charge in [-0.3, -0.25) is 0 Å². The zero-order valence-corrected chi connectivity index (χ0v) is 17.8. The van der Waals surface area contributed by atoms with Gasteiger partial charge in [0.25, 0.3) is 0 Å². The Labute approximate surface area is 170 Å². The topological polar surface area (TPSA) is 12.9 Å². The van der Waals surface area contributed by atoms with E-state index in [1.54, 1.807) is 0 Å². The Balaban J connectivity index is 1.33. The predicted molar refractivity (Wildman–Crippen MR) is 112 cm³/mol. The van der Waals surface area contributed by atoms with Crippen molar-refractivity contribution in [2.45, 2.75) is 109 Å². The zero-order valence-electron chi connectivity index (χ0n) is 17.8. The molecule has 0 unspecified atom stereocenters. The molecule has 0 bridgehead atoms. The molecule has 0 radical (unpaired) electrons. The molecule has 0 amide bonds. The predicted octanol–water partition coefficient (Wildman–Crippen LogP) is 8.19. The lowest BCUT2D eigenvalue weighted by Gasteiger charge is -2.38. The molecule has 158 valence electrons. The van der Waals surface area contributed by atoms with Crippen molar-refractivity contribution in [3.05, 3.63) is 29.6 Å². The Kier molecular flexibility index (Phi) is 8.73. The third kappa shape index (κ3) is 6.26. The lowest BCUT2D eigenvalue weighted by Crippen LogP contribution is -2.25. The van der Waals surface area contributed by atoms with E-state index in [4.69, 9.17) is 0 Å². The summed E-state index contributed by atoms with van der Waals surface area (Å²) in [6, 6.07) is 1.36. The number of nitrogens with zero attached hydrogens (tertiary/aromatic N) is 1. The van der Waals surface area contributed by atoms with Gasteiger partial charge in [0.15, 0.2) is 5.82 Å². The molecule has 2 aliphatic rings. The van der Waals surface area contributed by atoms with Crippen molar-refractivity contribution in [3.63, 3.8) is 0 Å². The molecule has 1 aromatic heterocycles. The summed E-state index contributed by atoms with van der Waals surface area (Å²) in [5.41, 5.74) is 0.889. The van der Waals surface area contributed by atoms with Crippen LogP contribution in [-0.2, 0) is 0 Å². The van der Waals surface area contributed by atoms with E-state index in [0.29, 0.717) is 5.92 Å². The van der Waals surface area contributed by atoms with Crippen LogP contribution in [0.2, 0.25) is 0 Å². The van der Waals surface area contributed by atoms with Crippen LogP contribution in [0.3, 0.4) is 0 Å². The molecule has 1 heterocycles. The quantitative estimate of drug-likeness (QED) is 0.305. The second kappa shape index (κ2) is 11.3. The SMILES string of the molecule is CCCCCCCC[C@H]1CC[C@H]([C@H]2CC[C@H](c3cnc(F)c(F)c3)CC2)CC1. The third-order valence-corrected chi connectivity index (χ3v) is 7.58. The fourth-order valence-corrected chi connectivity index (χ4v) is 5.74. The average Bonchev–Trinajstić information content (AvgIpc) is 2.73. The Hall–Kier alpha value is -0.990. The highest BCUT2D eigenvalue weighted by Gasteiger charge is 2.31. The molecule has 0 atom stereocenters. The summed E-state index contributed by atoms with van der Waals surface area (Å²) in [6.07, 6.45) is 21.9. The first kappa shape index (κ1) is 21.7. The number of rotatable bonds is 9. The van der Waals surface area contributed by atoms with Gasteiger partial charge in [0, 0.05) is 6.20 Å². The molecule has 0 aliphatic heterocycles. The minimum absolute atomic E-state index is 0.364. The number of halogens is 2. The summed E-state index contributed by atoms with van der Waals surface area (Å²) < 4.78 is 26.5. The van der Waals surface area contributed by atoms with E-state index in [9.17, 15) is 8.78 Å². The number of pyridine rings is 1. The van der Waals surface area contributed by atoms with Crippen molar-refractivity contribution in [1.82, 2.24) is 4.98 Å². The van der Waals surface area contributed by atoms with Gasteiger partial charge in [0.2, 0.25) is 5.95 Å². The van der Waals surface area contributed by atoms with Gasteiger partial charge in [-0.25, -0.2) is 9.37 Å². The second-order valence-electron chi connectivity index (χ2n) is 9.49. The molecule has 2 aliphatic carbocycles. The van der Waals surface area contributed by atoms with Gasteiger partial charge in [0.05, 0.1) is 0 Å². The fraction of sp³-hybridized carbons (Fsp3) is 0.800. The number of hydrogen-bond donors (Lipinski definition) is 0. The minimum Gasteiger partial charge on any atom is -0.225 e. The molecular formula is C25H39F2N. The van der Waals surface area contributed by atoms with E-state index >= 15 is 0 Å². The minimum atomic E-state index is -0.977. The summed E-state index contributed by atoms with van der Waals surface area (Å²) in [7, 11) is 0. The van der Waals surface area contributed by atoms with E-state index in [-0.39, 0.29) is 0 Å². The van der Waals surface area contributed by atoms with Gasteiger partial charge >= 0.3 is 0 Å². The molecule has 2 fully saturated rings. The maximum absolute atomic E-state index is 13.5. The number of unbranched alkanes of at least 4 members (excludes halogenated alkanes) is 5. The van der Waals surface area contributed by atoms with Crippen molar-refractivity contribution < 1.29 is 8.78 Å². The molecule has 28 heavy (non-hydrogen) atoms. The maximum atomic E-state index is 13.5. The van der Waals surface area contributed by atoms with Crippen LogP contribution < -0.4 is 0 Å². The molecule has 0 spiro atoms. The van der Waals surface area contributed by atoms with Crippen LogP contribution in [0.4, 0.5) is 8.78 Å². The number of aromatic nitrogens is 1. The molecule has 0 saturated heterocycles. The molecule has 0 N–H and O–H groups in total. The van der Waals surface area contributed by atoms with Crippen molar-refractivity contribution in [3.8, 4) is 0 Å². The van der Waals surface area contributed by atoms with Crippen molar-refractivity contribution >= 4 is 0 Å². The van der Waals surface area contributed by atoms with Gasteiger partial charge in [-0.2, -0.15) is 4.39 Å². The van der Waals surface area contributed by atoms with E-state index in [1.807, 2.05) is 0 Å². The summed E-state index contributed by atoms with van der Waals surface area (Å²) >= 11 is 0. The fourth-order valence-electron chi connectivity index (χ4n) is 5.74. The monoisotopic (exact) mass is 391 g/mol. The van der Waals surface area contributed by atoms with E-state index in [1.165, 1.54) is 95.7 Å². The molecule has 2 saturated carbocycles. The highest BCUT2D eigenvalue weighted by molar-refractivity contribution is 5.17. The molecule has 1 nitrogen and oxygen atoms in total. The van der Waals surface area contributed by atoms with Crippen LogP contribution in [0.25, 0.3) is 0 Å². The first-order valence-electron chi connectivity index (χ1n) is 12.0. The standard InChI is InChI=1S/C25H39F2N/c1-2-3-4-5-6-7-8-19-9-11-20(12-10-19)21-13-15-22(16-14-21)23-17-24(26)25(27)28-18-23/h17-22H,2-16H2,1H3/t19-,20-,21-,22-. The van der Waals surface area contributed by atoms with Gasteiger partial charge in [-0.15, -0.1) is 0 Å². The van der Waals surface area contributed by atoms with Crippen LogP contribution in [0.1, 0.15) is 115 Å². The van der Waals surface area contributed by atoms with Gasteiger partial charge < -0.3 is 0 Å². The van der Waals surface area contributed by atoms with Gasteiger partial charge in [0.1, 0.15) is 0 Å². The maximum Gasteiger partial charge on any atom is 0.248 e. The molecular weight excluding hydrogens is 352 g/mol. The van der Waals surface area contributed by atoms with Gasteiger partial charge in [-0.05, 0) is 73.8 Å². The molecule has 0 aromatic carbocycles. The van der Waals surface area contributed by atoms with Gasteiger partial charge in [-0.1, -0.05) is 64.7 Å². The highest BCUT2D eigenvalue weighted by Crippen LogP contribution is 2.44. The van der Waals surface area contributed by atoms with Crippen LogP contribution in [0.5, 0.6) is 0 Å². The smallest absolute Gasteiger partial charge is 0.225 e. The summed E-state index contributed by atoms with van der Waals surface area (Å²) in [6.45, 7) is 2.28. The van der Waals surface area contributed by atoms with Crippen molar-refractivity contribution in [1.29, 1.82) is 0 Å². The largest absolute Gasteiger partial charge is 0.248 e. The summed E-state index contributed by atoms with van der Waals surface area (Å²) in [5.74, 6) is 1.32. The van der Waals surface area contributed by atoms with E-state index in [2.05, 4.69) is 11.9 Å². The lowest BCUT2D eigenvalue weighted by atomic mass is 9.68. The van der Waals surface area contributed by atoms with Crippen molar-refractivity contribution in [2.75, 3.05) is 0 Å². The molecule has 3 heteroatoms. The highest BCUT2D eigenvalue weighted by atomic mass is 19.2. The first-order valence-corrected chi connectivity index (χ1v) is 12.0. The average molecular weight is 392 g/mol. The Morgan fingerprint density at radius 3 is 2.07 bits per heavy atom. The van der Waals surface area contributed by atoms with E-state index in [0.717, 1.165) is 36.2 Å². The first-order chi connectivity index (χ1) is 13.7. The van der Waals surface area contributed by atoms with Crippen LogP contribution in [-0.4, -0.2) is 4.98 Å². The Morgan fingerprint density at radius 2 is 1.43 bits per heavy atom. The Morgan fingerprint density at radius 1 is 0.821 bits per heavy atom. The second-order valence-corrected chi connectivity index (χ2v) is 9.49. The van der Waals surface area contributed by atoms with E-state index < -0.39 is 11.8 Å². The number of hydrogen-bond acceptors (Lipinski definition) is 1. The van der Waals surface area contributed by atoms with Crippen LogP contribution >= 0.6 is 0 Å². The molecule has 3 rings (SSSR count). The van der Waals surface area contributed by atoms with Crippen molar-refractivity contribution in [2.24, 2.45) is 17.8 Å². The zero-order chi connectivity index (χ0) is 19.8. The van der Waals surface area contributed by atoms with Crippen LogP contribution in [0.15, 0.2) is 12.3 Å². The summed E-state index contributed by atoms with van der Waals surface area (Å²) in [5, 5.41) is 0. The molecule has 1 aromatic rings. The van der Waals surface area contributed by atoms with Crippen LogP contribution in [0, 0.1) is 29.5 Å². The summed E-state index contributed by atoms with van der Waals surface area (Å²) in [4.78, 5) is 3.57.